The van der Waals surface area contributed by atoms with Gasteiger partial charge in [0.25, 0.3) is 0 Å². The lowest BCUT2D eigenvalue weighted by Crippen LogP contribution is -2.39. The number of ether oxygens (including phenoxy) is 1. The van der Waals surface area contributed by atoms with Crippen LogP contribution in [-0.2, 0) is 13.6 Å². The fourth-order valence-corrected chi connectivity index (χ4v) is 2.46. The zero-order valence-corrected chi connectivity index (χ0v) is 13.1. The van der Waals surface area contributed by atoms with Gasteiger partial charge in [-0.2, -0.15) is 5.10 Å². The van der Waals surface area contributed by atoms with E-state index < -0.39 is 0 Å². The normalized spacial score (nSPS) is 11.9. The van der Waals surface area contributed by atoms with Gasteiger partial charge in [-0.3, -0.25) is 4.90 Å². The fraction of sp³-hybridized carbons (Fsp3) is 0.786. The maximum absolute atomic E-state index is 5.89. The van der Waals surface area contributed by atoms with E-state index in [0.717, 1.165) is 23.7 Å². The van der Waals surface area contributed by atoms with Gasteiger partial charge >= 0.3 is 0 Å². The molecular weight excluding hydrogens is 240 g/mol. The Morgan fingerprint density at radius 3 is 2.32 bits per heavy atom. The molecule has 110 valence electrons. The summed E-state index contributed by atoms with van der Waals surface area (Å²) in [6.07, 6.45) is 0. The minimum absolute atomic E-state index is 0.465. The Kier molecular flexibility index (Phi) is 5.82. The summed E-state index contributed by atoms with van der Waals surface area (Å²) in [6, 6.07) is 1.04. The van der Waals surface area contributed by atoms with Crippen molar-refractivity contribution in [2.24, 2.45) is 12.8 Å². The Morgan fingerprint density at radius 2 is 1.84 bits per heavy atom. The highest BCUT2D eigenvalue weighted by Gasteiger charge is 2.16. The Labute approximate surface area is 116 Å². The molecular formula is C14H28N4O. The summed E-state index contributed by atoms with van der Waals surface area (Å²) in [4.78, 5) is 2.41. The summed E-state index contributed by atoms with van der Waals surface area (Å²) < 4.78 is 7.66. The first-order valence-corrected chi connectivity index (χ1v) is 6.99. The predicted molar refractivity (Wildman–Crippen MR) is 78.3 cm³/mol. The van der Waals surface area contributed by atoms with E-state index in [4.69, 9.17) is 10.5 Å². The number of aryl methyl sites for hydroxylation is 2. The van der Waals surface area contributed by atoms with Crippen LogP contribution in [0.15, 0.2) is 0 Å². The van der Waals surface area contributed by atoms with Crippen LogP contribution in [0.4, 0.5) is 0 Å². The van der Waals surface area contributed by atoms with Crippen LogP contribution in [0.3, 0.4) is 0 Å². The number of rotatable bonds is 7. The number of aromatic nitrogens is 2. The molecule has 0 aliphatic heterocycles. The van der Waals surface area contributed by atoms with Crippen LogP contribution in [0.2, 0.25) is 0 Å². The Morgan fingerprint density at radius 1 is 1.26 bits per heavy atom. The lowest BCUT2D eigenvalue weighted by molar-refractivity contribution is 0.137. The maximum Gasteiger partial charge on any atom is 0.216 e. The molecule has 5 nitrogen and oxygen atoms in total. The quantitative estimate of drug-likeness (QED) is 0.817. The summed E-state index contributed by atoms with van der Waals surface area (Å²) >= 11 is 0. The van der Waals surface area contributed by atoms with Crippen molar-refractivity contribution in [3.63, 3.8) is 0 Å². The number of nitrogens with two attached hydrogens (primary N) is 1. The molecule has 0 unspecified atom stereocenters. The molecule has 1 rings (SSSR count). The molecule has 0 radical (unpaired) electrons. The lowest BCUT2D eigenvalue weighted by atomic mass is 10.2. The van der Waals surface area contributed by atoms with Gasteiger partial charge in [-0.1, -0.05) is 0 Å². The molecule has 2 N–H and O–H groups in total. The molecule has 5 heteroatoms. The van der Waals surface area contributed by atoms with Gasteiger partial charge in [0.05, 0.1) is 11.3 Å². The molecule has 0 aliphatic carbocycles. The van der Waals surface area contributed by atoms with Gasteiger partial charge in [0.2, 0.25) is 5.88 Å². The summed E-state index contributed by atoms with van der Waals surface area (Å²) in [5.74, 6) is 0.799. The molecule has 1 heterocycles. The van der Waals surface area contributed by atoms with Crippen molar-refractivity contribution in [1.82, 2.24) is 14.7 Å². The van der Waals surface area contributed by atoms with Gasteiger partial charge in [-0.25, -0.2) is 4.68 Å². The lowest BCUT2D eigenvalue weighted by Gasteiger charge is -2.30. The van der Waals surface area contributed by atoms with E-state index in [-0.39, 0.29) is 0 Å². The molecule has 0 saturated heterocycles. The van der Waals surface area contributed by atoms with Crippen LogP contribution in [0.1, 0.15) is 39.0 Å². The van der Waals surface area contributed by atoms with E-state index in [1.54, 1.807) is 4.68 Å². The SMILES string of the molecule is Cc1nn(C)c(OCCN(C(C)C)C(C)C)c1CN. The van der Waals surface area contributed by atoms with E-state index in [9.17, 15) is 0 Å². The van der Waals surface area contributed by atoms with E-state index in [0.29, 0.717) is 25.2 Å². The van der Waals surface area contributed by atoms with E-state index in [1.165, 1.54) is 0 Å². The number of nitrogens with zero attached hydrogens (tertiary/aromatic N) is 3. The summed E-state index contributed by atoms with van der Waals surface area (Å²) in [6.45, 7) is 12.8. The van der Waals surface area contributed by atoms with Crippen molar-refractivity contribution in [3.8, 4) is 5.88 Å². The molecule has 0 atom stereocenters. The van der Waals surface area contributed by atoms with Gasteiger partial charge in [-0.05, 0) is 34.6 Å². The van der Waals surface area contributed by atoms with Crippen molar-refractivity contribution in [1.29, 1.82) is 0 Å². The minimum Gasteiger partial charge on any atom is -0.476 e. The summed E-state index contributed by atoms with van der Waals surface area (Å²) in [5, 5.41) is 4.35. The fourth-order valence-electron chi connectivity index (χ4n) is 2.46. The van der Waals surface area contributed by atoms with E-state index >= 15 is 0 Å². The standard InChI is InChI=1S/C14H28N4O/c1-10(2)18(11(3)4)7-8-19-14-13(9-15)12(5)16-17(14)6/h10-11H,7-9,15H2,1-6H3. The van der Waals surface area contributed by atoms with Crippen molar-refractivity contribution >= 4 is 0 Å². The second-order valence-corrected chi connectivity index (χ2v) is 5.47. The first kappa shape index (κ1) is 16.0. The van der Waals surface area contributed by atoms with Gasteiger partial charge in [0.1, 0.15) is 6.61 Å². The maximum atomic E-state index is 5.89. The average Bonchev–Trinajstić information content (AvgIpc) is 2.57. The topological polar surface area (TPSA) is 56.3 Å². The second kappa shape index (κ2) is 6.91. The highest BCUT2D eigenvalue weighted by Crippen LogP contribution is 2.20. The van der Waals surface area contributed by atoms with Gasteiger partial charge in [0, 0.05) is 32.2 Å². The third-order valence-corrected chi connectivity index (χ3v) is 3.41. The zero-order chi connectivity index (χ0) is 14.6. The molecule has 19 heavy (non-hydrogen) atoms. The molecule has 0 aliphatic rings. The molecule has 1 aromatic rings. The van der Waals surface area contributed by atoms with Crippen LogP contribution in [0, 0.1) is 6.92 Å². The molecule has 0 fully saturated rings. The first-order chi connectivity index (χ1) is 8.88. The minimum atomic E-state index is 0.465. The van der Waals surface area contributed by atoms with Crippen molar-refractivity contribution in [3.05, 3.63) is 11.3 Å². The third kappa shape index (κ3) is 3.94. The Bertz CT molecular complexity index is 390. The highest BCUT2D eigenvalue weighted by atomic mass is 16.5. The largest absolute Gasteiger partial charge is 0.476 e. The smallest absolute Gasteiger partial charge is 0.216 e. The highest BCUT2D eigenvalue weighted by molar-refractivity contribution is 5.30. The van der Waals surface area contributed by atoms with Crippen LogP contribution >= 0.6 is 0 Å². The van der Waals surface area contributed by atoms with Crippen LogP contribution in [-0.4, -0.2) is 39.9 Å². The number of hydrogen-bond donors (Lipinski definition) is 1. The van der Waals surface area contributed by atoms with Gasteiger partial charge in [0.15, 0.2) is 0 Å². The predicted octanol–water partition coefficient (Wildman–Crippen LogP) is 1.68. The Hall–Kier alpha value is -1.07. The zero-order valence-electron chi connectivity index (χ0n) is 13.1. The summed E-state index contributed by atoms with van der Waals surface area (Å²) in [5.41, 5.74) is 7.70. The molecule has 1 aromatic heterocycles. The van der Waals surface area contributed by atoms with Crippen LogP contribution < -0.4 is 10.5 Å². The van der Waals surface area contributed by atoms with Crippen molar-refractivity contribution in [2.75, 3.05) is 13.2 Å². The molecule has 0 aromatic carbocycles. The second-order valence-electron chi connectivity index (χ2n) is 5.47. The van der Waals surface area contributed by atoms with Gasteiger partial charge < -0.3 is 10.5 Å². The summed E-state index contributed by atoms with van der Waals surface area (Å²) in [7, 11) is 1.89. The first-order valence-electron chi connectivity index (χ1n) is 6.99. The third-order valence-electron chi connectivity index (χ3n) is 3.41. The number of hydrogen-bond acceptors (Lipinski definition) is 4. The molecule has 0 amide bonds. The van der Waals surface area contributed by atoms with Gasteiger partial charge in [-0.15, -0.1) is 0 Å². The molecule has 0 spiro atoms. The molecule has 0 saturated carbocycles. The Balaban J connectivity index is 2.62. The van der Waals surface area contributed by atoms with Crippen LogP contribution in [0.5, 0.6) is 5.88 Å². The monoisotopic (exact) mass is 268 g/mol. The van der Waals surface area contributed by atoms with E-state index in [2.05, 4.69) is 37.7 Å². The van der Waals surface area contributed by atoms with Crippen LogP contribution in [0.25, 0.3) is 0 Å². The van der Waals surface area contributed by atoms with E-state index in [1.807, 2.05) is 14.0 Å². The van der Waals surface area contributed by atoms with Crippen molar-refractivity contribution in [2.45, 2.75) is 53.2 Å². The van der Waals surface area contributed by atoms with Crippen molar-refractivity contribution < 1.29 is 4.74 Å². The molecule has 0 bridgehead atoms. The average molecular weight is 268 g/mol.